The van der Waals surface area contributed by atoms with Crippen LogP contribution in [0, 0.1) is 0 Å². The minimum absolute atomic E-state index is 0.125. The first-order valence-corrected chi connectivity index (χ1v) is 8.15. The average molecular weight is 407 g/mol. The van der Waals surface area contributed by atoms with E-state index in [-0.39, 0.29) is 10.7 Å². The number of nitrogens with zero attached hydrogens (tertiary/aromatic N) is 1. The van der Waals surface area contributed by atoms with Crippen LogP contribution in [0.1, 0.15) is 0 Å². The van der Waals surface area contributed by atoms with Crippen molar-refractivity contribution in [1.29, 1.82) is 0 Å². The number of pyridine rings is 1. The average Bonchev–Trinajstić information content (AvgIpc) is 2.35. The summed E-state index contributed by atoms with van der Waals surface area (Å²) in [5.41, 5.74) is 5.96. The van der Waals surface area contributed by atoms with Crippen LogP contribution in [0.15, 0.2) is 50.4 Å². The number of nitrogens with two attached hydrogens (primary N) is 1. The summed E-state index contributed by atoms with van der Waals surface area (Å²) < 4.78 is 28.0. The number of hydrogen-bond acceptors (Lipinski definition) is 4. The lowest BCUT2D eigenvalue weighted by atomic mass is 10.4. The first-order chi connectivity index (χ1) is 8.88. The van der Waals surface area contributed by atoms with Gasteiger partial charge in [-0.15, -0.1) is 0 Å². The number of nitrogen functional groups attached to an aromatic ring is 1. The Balaban J connectivity index is 2.37. The van der Waals surface area contributed by atoms with Crippen molar-refractivity contribution in [3.05, 3.63) is 45.5 Å². The molecule has 0 atom stereocenters. The molecular formula is C11H9Br2N3O2S. The Morgan fingerprint density at radius 2 is 1.89 bits per heavy atom. The van der Waals surface area contributed by atoms with Crippen LogP contribution in [-0.4, -0.2) is 13.4 Å². The van der Waals surface area contributed by atoms with Gasteiger partial charge in [-0.3, -0.25) is 4.72 Å². The van der Waals surface area contributed by atoms with Gasteiger partial charge in [-0.2, -0.15) is 0 Å². The molecule has 0 aliphatic carbocycles. The quantitative estimate of drug-likeness (QED) is 0.820. The predicted molar refractivity (Wildman–Crippen MR) is 81.3 cm³/mol. The van der Waals surface area contributed by atoms with E-state index in [1.165, 1.54) is 18.3 Å². The molecule has 0 radical (unpaired) electrons. The molecule has 0 saturated carbocycles. The van der Waals surface area contributed by atoms with Crippen LogP contribution in [0.2, 0.25) is 0 Å². The highest BCUT2D eigenvalue weighted by Gasteiger charge is 2.18. The fraction of sp³-hybridized carbons (Fsp3) is 0. The second kappa shape index (κ2) is 5.48. The van der Waals surface area contributed by atoms with E-state index in [0.717, 1.165) is 0 Å². The molecule has 2 aromatic rings. The van der Waals surface area contributed by atoms with Gasteiger partial charge in [0, 0.05) is 8.95 Å². The maximum Gasteiger partial charge on any atom is 0.264 e. The Labute approximate surface area is 127 Å². The minimum atomic E-state index is -3.71. The van der Waals surface area contributed by atoms with E-state index >= 15 is 0 Å². The molecule has 1 aromatic heterocycles. The Hall–Kier alpha value is -1.12. The van der Waals surface area contributed by atoms with Crippen molar-refractivity contribution < 1.29 is 8.42 Å². The molecule has 1 heterocycles. The monoisotopic (exact) mass is 405 g/mol. The first kappa shape index (κ1) is 14.3. The summed E-state index contributed by atoms with van der Waals surface area (Å²) in [6.45, 7) is 0. The van der Waals surface area contributed by atoms with Crippen LogP contribution in [0.4, 0.5) is 11.5 Å². The summed E-state index contributed by atoms with van der Waals surface area (Å²) in [6.07, 6.45) is 1.38. The molecule has 3 N–H and O–H groups in total. The number of nitrogens with one attached hydrogen (secondary N) is 1. The highest BCUT2D eigenvalue weighted by molar-refractivity contribution is 9.11. The molecule has 19 heavy (non-hydrogen) atoms. The largest absolute Gasteiger partial charge is 0.397 e. The number of benzene rings is 1. The van der Waals surface area contributed by atoms with Gasteiger partial charge in [0.1, 0.15) is 10.7 Å². The van der Waals surface area contributed by atoms with Crippen molar-refractivity contribution in [2.24, 2.45) is 0 Å². The number of sulfonamides is 1. The van der Waals surface area contributed by atoms with Crippen LogP contribution >= 0.6 is 31.9 Å². The van der Waals surface area contributed by atoms with Crippen molar-refractivity contribution in [2.75, 3.05) is 10.5 Å². The fourth-order valence-corrected chi connectivity index (χ4v) is 3.85. The van der Waals surface area contributed by atoms with Gasteiger partial charge in [-0.25, -0.2) is 13.4 Å². The van der Waals surface area contributed by atoms with Gasteiger partial charge in [0.15, 0.2) is 0 Å². The summed E-state index contributed by atoms with van der Waals surface area (Å²) >= 11 is 6.45. The van der Waals surface area contributed by atoms with E-state index < -0.39 is 10.0 Å². The molecule has 0 fully saturated rings. The second-order valence-electron chi connectivity index (χ2n) is 3.66. The molecule has 2 rings (SSSR count). The molecule has 0 aliphatic heterocycles. The molecule has 0 bridgehead atoms. The number of aromatic nitrogens is 1. The van der Waals surface area contributed by atoms with Gasteiger partial charge in [-0.05, 0) is 46.3 Å². The van der Waals surface area contributed by atoms with E-state index in [1.807, 2.05) is 0 Å². The van der Waals surface area contributed by atoms with E-state index in [9.17, 15) is 8.42 Å². The third-order valence-corrected chi connectivity index (χ3v) is 5.05. The number of hydrogen-bond donors (Lipinski definition) is 2. The van der Waals surface area contributed by atoms with E-state index in [2.05, 4.69) is 41.6 Å². The minimum Gasteiger partial charge on any atom is -0.397 e. The topological polar surface area (TPSA) is 85.1 Å². The Morgan fingerprint density at radius 1 is 1.16 bits per heavy atom. The van der Waals surface area contributed by atoms with Crippen LogP contribution in [0.5, 0.6) is 0 Å². The first-order valence-electron chi connectivity index (χ1n) is 5.08. The van der Waals surface area contributed by atoms with E-state index in [0.29, 0.717) is 14.6 Å². The van der Waals surface area contributed by atoms with E-state index in [1.54, 1.807) is 18.2 Å². The van der Waals surface area contributed by atoms with Gasteiger partial charge >= 0.3 is 0 Å². The van der Waals surface area contributed by atoms with Crippen molar-refractivity contribution in [3.63, 3.8) is 0 Å². The second-order valence-corrected chi connectivity index (χ2v) is 7.08. The highest BCUT2D eigenvalue weighted by atomic mass is 79.9. The van der Waals surface area contributed by atoms with Crippen molar-refractivity contribution >= 4 is 53.4 Å². The molecule has 0 unspecified atom stereocenters. The predicted octanol–water partition coefficient (Wildman–Crippen LogP) is 2.99. The lowest BCUT2D eigenvalue weighted by Gasteiger charge is -2.09. The zero-order chi connectivity index (χ0) is 14.0. The molecular weight excluding hydrogens is 398 g/mol. The number of rotatable bonds is 3. The van der Waals surface area contributed by atoms with Crippen LogP contribution in [0.25, 0.3) is 0 Å². The van der Waals surface area contributed by atoms with Gasteiger partial charge in [0.25, 0.3) is 10.0 Å². The van der Waals surface area contributed by atoms with Gasteiger partial charge in [0.05, 0.1) is 11.9 Å². The number of anilines is 2. The number of halogens is 2. The Bertz CT molecular complexity index is 702. The normalized spacial score (nSPS) is 11.3. The molecule has 8 heteroatoms. The van der Waals surface area contributed by atoms with Crippen molar-refractivity contribution in [2.45, 2.75) is 4.90 Å². The van der Waals surface area contributed by atoms with Crippen LogP contribution in [-0.2, 0) is 10.0 Å². The summed E-state index contributed by atoms with van der Waals surface area (Å²) in [5.74, 6) is 0.209. The van der Waals surface area contributed by atoms with E-state index in [4.69, 9.17) is 5.73 Å². The maximum absolute atomic E-state index is 12.2. The molecule has 0 spiro atoms. The zero-order valence-electron chi connectivity index (χ0n) is 9.47. The summed E-state index contributed by atoms with van der Waals surface area (Å²) in [5, 5.41) is 0. The lowest BCUT2D eigenvalue weighted by Crippen LogP contribution is -2.14. The lowest BCUT2D eigenvalue weighted by molar-refractivity contribution is 0.600. The Morgan fingerprint density at radius 3 is 2.53 bits per heavy atom. The molecule has 0 amide bonds. The Kier molecular flexibility index (Phi) is 4.12. The molecule has 5 nitrogen and oxygen atoms in total. The molecule has 1 aromatic carbocycles. The van der Waals surface area contributed by atoms with Crippen molar-refractivity contribution in [1.82, 2.24) is 4.98 Å². The molecule has 0 aliphatic rings. The summed E-state index contributed by atoms with van der Waals surface area (Å²) in [6, 6.07) is 7.96. The molecule has 0 saturated heterocycles. The van der Waals surface area contributed by atoms with Gasteiger partial charge in [-0.1, -0.05) is 15.9 Å². The maximum atomic E-state index is 12.2. The summed E-state index contributed by atoms with van der Waals surface area (Å²) in [7, 11) is -3.71. The van der Waals surface area contributed by atoms with Crippen molar-refractivity contribution in [3.8, 4) is 0 Å². The fourth-order valence-electron chi connectivity index (χ4n) is 1.34. The SMILES string of the molecule is Nc1ccc(NS(=O)(=O)c2cc(Br)ccc2Br)nc1. The van der Waals surface area contributed by atoms with Gasteiger partial charge < -0.3 is 5.73 Å². The van der Waals surface area contributed by atoms with Crippen LogP contribution < -0.4 is 10.5 Å². The summed E-state index contributed by atoms with van der Waals surface area (Å²) in [4.78, 5) is 4.02. The zero-order valence-corrected chi connectivity index (χ0v) is 13.5. The highest BCUT2D eigenvalue weighted by Crippen LogP contribution is 2.27. The smallest absolute Gasteiger partial charge is 0.264 e. The van der Waals surface area contributed by atoms with Gasteiger partial charge in [0.2, 0.25) is 0 Å². The third kappa shape index (κ3) is 3.46. The third-order valence-electron chi connectivity index (χ3n) is 2.21. The van der Waals surface area contributed by atoms with Crippen LogP contribution in [0.3, 0.4) is 0 Å². The molecule has 100 valence electrons. The standard InChI is InChI=1S/C11H9Br2N3O2S/c12-7-1-3-9(13)10(5-7)19(17,18)16-11-4-2-8(14)6-15-11/h1-6H,14H2,(H,15,16).